The summed E-state index contributed by atoms with van der Waals surface area (Å²) in [6.07, 6.45) is 2.09. The molecule has 1 atom stereocenters. The van der Waals surface area contributed by atoms with Crippen molar-refractivity contribution in [3.05, 3.63) is 34.9 Å². The van der Waals surface area contributed by atoms with Gasteiger partial charge < -0.3 is 15.5 Å². The van der Waals surface area contributed by atoms with E-state index in [0.29, 0.717) is 19.1 Å². The number of alkyl halides is 4. The lowest BCUT2D eigenvalue weighted by molar-refractivity contribution is -0.137. The molecule has 0 aromatic heterocycles. The number of carbonyl (C=O) groups is 2. The van der Waals surface area contributed by atoms with Gasteiger partial charge in [-0.3, -0.25) is 9.59 Å². The second-order valence-electron chi connectivity index (χ2n) is 9.29. The molecule has 0 bridgehead atoms. The van der Waals surface area contributed by atoms with Gasteiger partial charge in [0.2, 0.25) is 5.91 Å². The Kier molecular flexibility index (Phi) is 8.73. The highest BCUT2D eigenvalue weighted by Gasteiger charge is 2.32. The number of amides is 2. The van der Waals surface area contributed by atoms with Gasteiger partial charge in [0.25, 0.3) is 5.91 Å². The normalized spacial score (nSPS) is 23.9. The average molecular weight is 472 g/mol. The van der Waals surface area contributed by atoms with E-state index in [2.05, 4.69) is 17.6 Å². The Balaban J connectivity index is 1.42. The summed E-state index contributed by atoms with van der Waals surface area (Å²) in [4.78, 5) is 26.8. The molecule has 33 heavy (non-hydrogen) atoms. The molecular formula is C24H33F4N3O2. The van der Waals surface area contributed by atoms with Crippen molar-refractivity contribution in [1.29, 1.82) is 0 Å². The SMILES string of the molecule is CC1CCCCN1C(=O)CN[C@H]1CC[C@@H](CNC(=O)c2cc(CF)cc(C(F)(F)F)c2)CC1. The van der Waals surface area contributed by atoms with Crippen LogP contribution < -0.4 is 10.6 Å². The fourth-order valence-corrected chi connectivity index (χ4v) is 4.78. The maximum absolute atomic E-state index is 13.0. The minimum Gasteiger partial charge on any atom is -0.352 e. The topological polar surface area (TPSA) is 61.4 Å². The molecule has 2 aliphatic rings. The van der Waals surface area contributed by atoms with E-state index in [-0.39, 0.29) is 29.0 Å². The summed E-state index contributed by atoms with van der Waals surface area (Å²) in [7, 11) is 0. The highest BCUT2D eigenvalue weighted by atomic mass is 19.4. The van der Waals surface area contributed by atoms with Crippen LogP contribution in [0.3, 0.4) is 0 Å². The summed E-state index contributed by atoms with van der Waals surface area (Å²) < 4.78 is 52.0. The summed E-state index contributed by atoms with van der Waals surface area (Å²) in [5, 5.41) is 6.06. The van der Waals surface area contributed by atoms with Crippen molar-refractivity contribution < 1.29 is 27.2 Å². The van der Waals surface area contributed by atoms with Crippen molar-refractivity contribution in [3.8, 4) is 0 Å². The van der Waals surface area contributed by atoms with Crippen LogP contribution in [-0.4, -0.2) is 48.4 Å². The molecule has 184 valence electrons. The molecular weight excluding hydrogens is 438 g/mol. The van der Waals surface area contributed by atoms with Gasteiger partial charge in [0.1, 0.15) is 6.67 Å². The van der Waals surface area contributed by atoms with Crippen LogP contribution in [0.1, 0.15) is 73.4 Å². The number of halogens is 4. The first-order valence-electron chi connectivity index (χ1n) is 11.8. The third-order valence-corrected chi connectivity index (χ3v) is 6.80. The molecule has 1 saturated carbocycles. The molecule has 1 aromatic carbocycles. The van der Waals surface area contributed by atoms with Crippen LogP contribution in [0.15, 0.2) is 18.2 Å². The van der Waals surface area contributed by atoms with Crippen LogP contribution in [0.5, 0.6) is 0 Å². The Hall–Kier alpha value is -2.16. The van der Waals surface area contributed by atoms with Gasteiger partial charge in [-0.05, 0) is 81.5 Å². The molecule has 0 spiro atoms. The van der Waals surface area contributed by atoms with Crippen LogP contribution in [0.4, 0.5) is 17.6 Å². The van der Waals surface area contributed by atoms with Crippen LogP contribution in [0, 0.1) is 5.92 Å². The fourth-order valence-electron chi connectivity index (χ4n) is 4.78. The van der Waals surface area contributed by atoms with E-state index in [0.717, 1.165) is 63.3 Å². The lowest BCUT2D eigenvalue weighted by atomic mass is 9.86. The number of rotatable bonds is 7. The lowest BCUT2D eigenvalue weighted by Crippen LogP contribution is -2.48. The number of nitrogens with one attached hydrogen (secondary N) is 2. The second kappa shape index (κ2) is 11.3. The van der Waals surface area contributed by atoms with Crippen molar-refractivity contribution in [1.82, 2.24) is 15.5 Å². The first kappa shape index (κ1) is 25.5. The van der Waals surface area contributed by atoms with E-state index < -0.39 is 24.3 Å². The Morgan fingerprint density at radius 3 is 2.42 bits per heavy atom. The maximum Gasteiger partial charge on any atom is 0.416 e. The molecule has 1 unspecified atom stereocenters. The molecule has 1 aromatic rings. The first-order chi connectivity index (χ1) is 15.7. The zero-order valence-corrected chi connectivity index (χ0v) is 19.0. The zero-order valence-electron chi connectivity index (χ0n) is 19.0. The number of piperidine rings is 1. The molecule has 1 aliphatic heterocycles. The number of hydrogen-bond donors (Lipinski definition) is 2. The summed E-state index contributed by atoms with van der Waals surface area (Å²) in [6.45, 7) is 2.54. The van der Waals surface area contributed by atoms with E-state index in [9.17, 15) is 27.2 Å². The van der Waals surface area contributed by atoms with E-state index >= 15 is 0 Å². The Morgan fingerprint density at radius 1 is 1.06 bits per heavy atom. The molecule has 1 saturated heterocycles. The Labute approximate surface area is 192 Å². The molecule has 1 heterocycles. The fraction of sp³-hybridized carbons (Fsp3) is 0.667. The summed E-state index contributed by atoms with van der Waals surface area (Å²) in [5.74, 6) is -0.265. The summed E-state index contributed by atoms with van der Waals surface area (Å²) in [5.41, 5.74) is -1.38. The van der Waals surface area contributed by atoms with Gasteiger partial charge in [-0.1, -0.05) is 0 Å². The van der Waals surface area contributed by atoms with E-state index in [1.807, 2.05) is 4.90 Å². The van der Waals surface area contributed by atoms with Crippen molar-refractivity contribution in [2.75, 3.05) is 19.6 Å². The van der Waals surface area contributed by atoms with Crippen molar-refractivity contribution in [3.63, 3.8) is 0 Å². The minimum absolute atomic E-state index is 0.144. The van der Waals surface area contributed by atoms with Crippen LogP contribution >= 0.6 is 0 Å². The maximum atomic E-state index is 13.0. The van der Waals surface area contributed by atoms with Crippen LogP contribution in [0.25, 0.3) is 0 Å². The summed E-state index contributed by atoms with van der Waals surface area (Å²) >= 11 is 0. The molecule has 2 fully saturated rings. The molecule has 5 nitrogen and oxygen atoms in total. The third-order valence-electron chi connectivity index (χ3n) is 6.80. The molecule has 2 N–H and O–H groups in total. The van der Waals surface area contributed by atoms with E-state index in [1.165, 1.54) is 6.42 Å². The molecule has 0 radical (unpaired) electrons. The first-order valence-corrected chi connectivity index (χ1v) is 11.8. The lowest BCUT2D eigenvalue weighted by Gasteiger charge is -2.34. The largest absolute Gasteiger partial charge is 0.416 e. The number of nitrogens with zero attached hydrogens (tertiary/aromatic N) is 1. The quantitative estimate of drug-likeness (QED) is 0.578. The van der Waals surface area contributed by atoms with Crippen molar-refractivity contribution >= 4 is 11.8 Å². The van der Waals surface area contributed by atoms with Crippen LogP contribution in [0.2, 0.25) is 0 Å². The highest BCUT2D eigenvalue weighted by molar-refractivity contribution is 5.94. The number of carbonyl (C=O) groups excluding carboxylic acids is 2. The van der Waals surface area contributed by atoms with Gasteiger partial charge in [-0.15, -0.1) is 0 Å². The monoisotopic (exact) mass is 471 g/mol. The molecule has 3 rings (SSSR count). The molecule has 1 aliphatic carbocycles. The highest BCUT2D eigenvalue weighted by Crippen LogP contribution is 2.31. The second-order valence-corrected chi connectivity index (χ2v) is 9.29. The van der Waals surface area contributed by atoms with E-state index in [4.69, 9.17) is 0 Å². The van der Waals surface area contributed by atoms with Gasteiger partial charge in [-0.2, -0.15) is 13.2 Å². The Morgan fingerprint density at radius 2 is 1.79 bits per heavy atom. The number of hydrogen-bond acceptors (Lipinski definition) is 3. The summed E-state index contributed by atoms with van der Waals surface area (Å²) in [6, 6.07) is 3.19. The van der Waals surface area contributed by atoms with E-state index in [1.54, 1.807) is 0 Å². The van der Waals surface area contributed by atoms with Gasteiger partial charge >= 0.3 is 6.18 Å². The predicted molar refractivity (Wildman–Crippen MR) is 117 cm³/mol. The predicted octanol–water partition coefficient (Wildman–Crippen LogP) is 4.45. The number of benzene rings is 1. The number of likely N-dealkylation sites (tertiary alicyclic amines) is 1. The van der Waals surface area contributed by atoms with Crippen molar-refractivity contribution in [2.45, 2.75) is 76.8 Å². The van der Waals surface area contributed by atoms with Crippen LogP contribution in [-0.2, 0) is 17.6 Å². The van der Waals surface area contributed by atoms with Gasteiger partial charge in [-0.25, -0.2) is 4.39 Å². The Bertz CT molecular complexity index is 822. The van der Waals surface area contributed by atoms with Crippen molar-refractivity contribution in [2.24, 2.45) is 5.92 Å². The third kappa shape index (κ3) is 7.16. The average Bonchev–Trinajstić information content (AvgIpc) is 2.81. The smallest absolute Gasteiger partial charge is 0.352 e. The molecule has 9 heteroatoms. The van der Waals surface area contributed by atoms with Gasteiger partial charge in [0.15, 0.2) is 0 Å². The minimum atomic E-state index is -4.64. The van der Waals surface area contributed by atoms with Gasteiger partial charge in [0, 0.05) is 30.7 Å². The zero-order chi connectivity index (χ0) is 24.0. The molecule has 2 amide bonds. The van der Waals surface area contributed by atoms with Gasteiger partial charge in [0.05, 0.1) is 12.1 Å². The standard InChI is InChI=1S/C24H33F4N3O2/c1-16-4-2-3-9-31(16)22(32)15-29-21-7-5-17(6-8-21)14-30-23(33)19-10-18(13-25)11-20(12-19)24(26,27)28/h10-12,16-17,21,29H,2-9,13-15H2,1H3,(H,30,33)/t16?,17-,21+.